The van der Waals surface area contributed by atoms with Gasteiger partial charge in [-0.05, 0) is 72.5 Å². The Bertz CT molecular complexity index is 1500. The molecule has 3 aromatic rings. The van der Waals surface area contributed by atoms with Crippen LogP contribution in [0.5, 0.6) is 0 Å². The molecule has 0 aromatic heterocycles. The number of nitriles is 1. The molecular weight excluding hydrogens is 484 g/mol. The first-order valence-corrected chi connectivity index (χ1v) is 12.8. The number of aliphatic carboxylic acids is 1. The summed E-state index contributed by atoms with van der Waals surface area (Å²) in [5.74, 6) is -0.271. The highest BCUT2D eigenvalue weighted by atomic mass is 16.5. The van der Waals surface area contributed by atoms with Crippen molar-refractivity contribution in [1.29, 1.82) is 5.26 Å². The number of hydrogen-bond donors (Lipinski definition) is 1. The highest BCUT2D eigenvalue weighted by molar-refractivity contribution is 5.93. The van der Waals surface area contributed by atoms with Gasteiger partial charge in [-0.25, -0.2) is 4.79 Å². The van der Waals surface area contributed by atoms with Gasteiger partial charge in [-0.1, -0.05) is 79.7 Å². The third-order valence-electron chi connectivity index (χ3n) is 6.11. The molecule has 0 atom stereocenters. The average Bonchev–Trinajstić information content (AvgIpc) is 2.95. The van der Waals surface area contributed by atoms with Gasteiger partial charge >= 0.3 is 5.97 Å². The molecule has 0 bridgehead atoms. The second kappa shape index (κ2) is 12.9. The summed E-state index contributed by atoms with van der Waals surface area (Å²) < 4.78 is 5.67. The molecule has 1 aliphatic heterocycles. The lowest BCUT2D eigenvalue weighted by atomic mass is 10.0. The van der Waals surface area contributed by atoms with E-state index >= 15 is 0 Å². The molecule has 1 heterocycles. The van der Waals surface area contributed by atoms with Gasteiger partial charge < -0.3 is 14.7 Å². The Labute approximate surface area is 229 Å². The Morgan fingerprint density at radius 3 is 1.92 bits per heavy atom. The van der Waals surface area contributed by atoms with Crippen molar-refractivity contribution in [2.24, 2.45) is 0 Å². The van der Waals surface area contributed by atoms with Gasteiger partial charge in [-0.15, -0.1) is 0 Å². The Morgan fingerprint density at radius 1 is 0.846 bits per heavy atom. The van der Waals surface area contributed by atoms with Crippen LogP contribution in [0.3, 0.4) is 0 Å². The number of carboxylic acid groups (broad SMARTS) is 1. The maximum atomic E-state index is 11.3. The summed E-state index contributed by atoms with van der Waals surface area (Å²) in [6, 6.07) is 28.8. The summed E-state index contributed by atoms with van der Waals surface area (Å²) in [5, 5.41) is 18.4. The van der Waals surface area contributed by atoms with Crippen molar-refractivity contribution in [2.45, 2.75) is 20.3 Å². The zero-order valence-electron chi connectivity index (χ0n) is 22.0. The summed E-state index contributed by atoms with van der Waals surface area (Å²) >= 11 is 0. The van der Waals surface area contributed by atoms with Crippen LogP contribution < -0.4 is 4.90 Å². The van der Waals surface area contributed by atoms with E-state index in [1.807, 2.05) is 36.4 Å². The SMILES string of the molecule is CCCN(c1ccccc1)c1ccc(/C=C/c2ccc(/C=C/C3=CC(=C(\C#N)C(=O)O)/C=C(C)O3)cc2)cc1. The lowest BCUT2D eigenvalue weighted by molar-refractivity contribution is -0.132. The highest BCUT2D eigenvalue weighted by Crippen LogP contribution is 2.26. The molecule has 1 aliphatic rings. The van der Waals surface area contributed by atoms with Crippen LogP contribution >= 0.6 is 0 Å². The highest BCUT2D eigenvalue weighted by Gasteiger charge is 2.15. The summed E-state index contributed by atoms with van der Waals surface area (Å²) in [5.41, 5.74) is 5.54. The number of carbonyl (C=O) groups is 1. The number of ether oxygens (including phenoxy) is 1. The third-order valence-corrected chi connectivity index (χ3v) is 6.11. The van der Waals surface area contributed by atoms with Crippen LogP contribution in [-0.2, 0) is 9.53 Å². The molecule has 0 fully saturated rings. The van der Waals surface area contributed by atoms with Crippen molar-refractivity contribution in [3.05, 3.63) is 136 Å². The fraction of sp³-hybridized carbons (Fsp3) is 0.118. The standard InChI is InChI=1S/C34H30N2O3/c1-3-21-36(30-7-5-4-6-8-30)31-18-15-28(16-19-31)14-11-26-9-12-27(13-10-26)17-20-32-23-29(22-25(2)39-32)33(24-35)34(37)38/h4-20,22-23H,3,21H2,1-2H3,(H,37,38)/b14-11+,20-17+,33-29+. The lowest BCUT2D eigenvalue weighted by Crippen LogP contribution is -2.17. The van der Waals surface area contributed by atoms with Gasteiger partial charge in [0.1, 0.15) is 23.2 Å². The molecule has 0 aliphatic carbocycles. The number of nitrogens with zero attached hydrogens (tertiary/aromatic N) is 2. The molecule has 0 unspecified atom stereocenters. The minimum atomic E-state index is -1.26. The lowest BCUT2D eigenvalue weighted by Gasteiger charge is -2.24. The summed E-state index contributed by atoms with van der Waals surface area (Å²) in [7, 11) is 0. The molecule has 0 saturated carbocycles. The van der Waals surface area contributed by atoms with Gasteiger partial charge in [0.25, 0.3) is 0 Å². The van der Waals surface area contributed by atoms with E-state index in [2.05, 4.69) is 72.5 Å². The van der Waals surface area contributed by atoms with Crippen LogP contribution in [0.1, 0.15) is 37.0 Å². The maximum Gasteiger partial charge on any atom is 0.347 e. The van der Waals surface area contributed by atoms with Crippen LogP contribution in [0, 0.1) is 11.3 Å². The molecule has 0 radical (unpaired) electrons. The quantitative estimate of drug-likeness (QED) is 0.177. The minimum Gasteiger partial charge on any atom is -0.477 e. The number of rotatable bonds is 9. The van der Waals surface area contributed by atoms with Gasteiger partial charge in [0.2, 0.25) is 0 Å². The molecule has 3 aromatic carbocycles. The van der Waals surface area contributed by atoms with E-state index in [9.17, 15) is 9.90 Å². The fourth-order valence-electron chi connectivity index (χ4n) is 4.21. The third kappa shape index (κ3) is 7.24. The van der Waals surface area contributed by atoms with E-state index in [-0.39, 0.29) is 5.57 Å². The van der Waals surface area contributed by atoms with E-state index in [1.54, 1.807) is 31.2 Å². The van der Waals surface area contributed by atoms with Crippen molar-refractivity contribution in [1.82, 2.24) is 0 Å². The van der Waals surface area contributed by atoms with Crippen molar-refractivity contribution < 1.29 is 14.6 Å². The molecule has 1 N–H and O–H groups in total. The summed E-state index contributed by atoms with van der Waals surface area (Å²) in [6.07, 6.45) is 12.0. The van der Waals surface area contributed by atoms with Crippen molar-refractivity contribution in [3.8, 4) is 6.07 Å². The van der Waals surface area contributed by atoms with E-state index < -0.39 is 5.97 Å². The van der Waals surface area contributed by atoms with Crippen molar-refractivity contribution in [2.75, 3.05) is 11.4 Å². The van der Waals surface area contributed by atoms with E-state index in [4.69, 9.17) is 10.00 Å². The molecule has 0 saturated heterocycles. The van der Waals surface area contributed by atoms with Crippen LogP contribution in [-0.4, -0.2) is 17.6 Å². The molecule has 4 rings (SSSR count). The van der Waals surface area contributed by atoms with Crippen LogP contribution in [0.25, 0.3) is 18.2 Å². The Kier molecular flexibility index (Phi) is 8.95. The second-order valence-electron chi connectivity index (χ2n) is 9.06. The van der Waals surface area contributed by atoms with E-state index in [0.29, 0.717) is 17.1 Å². The molecular formula is C34H30N2O3. The zero-order valence-corrected chi connectivity index (χ0v) is 22.0. The zero-order chi connectivity index (χ0) is 27.6. The Balaban J connectivity index is 1.42. The maximum absolute atomic E-state index is 11.3. The van der Waals surface area contributed by atoms with E-state index in [0.717, 1.165) is 29.7 Å². The minimum absolute atomic E-state index is 0.316. The number of hydrogen-bond acceptors (Lipinski definition) is 4. The Morgan fingerprint density at radius 2 is 1.38 bits per heavy atom. The largest absolute Gasteiger partial charge is 0.477 e. The van der Waals surface area contributed by atoms with Crippen molar-refractivity contribution >= 4 is 35.6 Å². The fourth-order valence-corrected chi connectivity index (χ4v) is 4.21. The summed E-state index contributed by atoms with van der Waals surface area (Å²) in [4.78, 5) is 13.6. The van der Waals surface area contributed by atoms with Gasteiger partial charge in [0.05, 0.1) is 0 Å². The summed E-state index contributed by atoms with van der Waals surface area (Å²) in [6.45, 7) is 4.87. The molecule has 194 valence electrons. The van der Waals surface area contributed by atoms with Gasteiger partial charge in [0, 0.05) is 23.5 Å². The average molecular weight is 515 g/mol. The molecule has 39 heavy (non-hydrogen) atoms. The number of allylic oxidation sites excluding steroid dienone is 5. The first-order chi connectivity index (χ1) is 19.0. The predicted molar refractivity (Wildman–Crippen MR) is 158 cm³/mol. The first-order valence-electron chi connectivity index (χ1n) is 12.8. The Hall–Kier alpha value is -5.08. The topological polar surface area (TPSA) is 73.6 Å². The molecule has 5 heteroatoms. The first kappa shape index (κ1) is 27.0. The number of anilines is 2. The van der Waals surface area contributed by atoms with Crippen LogP contribution in [0.2, 0.25) is 0 Å². The van der Waals surface area contributed by atoms with Gasteiger partial charge in [-0.3, -0.25) is 0 Å². The van der Waals surface area contributed by atoms with E-state index in [1.165, 1.54) is 11.4 Å². The smallest absolute Gasteiger partial charge is 0.347 e. The molecule has 0 spiro atoms. The van der Waals surface area contributed by atoms with Crippen LogP contribution in [0.4, 0.5) is 11.4 Å². The number of carboxylic acids is 1. The van der Waals surface area contributed by atoms with Crippen molar-refractivity contribution in [3.63, 3.8) is 0 Å². The molecule has 5 nitrogen and oxygen atoms in total. The van der Waals surface area contributed by atoms with Crippen LogP contribution in [0.15, 0.2) is 120 Å². The molecule has 0 amide bonds. The monoisotopic (exact) mass is 514 g/mol. The normalized spacial score (nSPS) is 14.4. The number of benzene rings is 3. The number of para-hydroxylation sites is 1. The van der Waals surface area contributed by atoms with Gasteiger partial charge in [-0.2, -0.15) is 5.26 Å². The predicted octanol–water partition coefficient (Wildman–Crippen LogP) is 8.14. The van der Waals surface area contributed by atoms with Gasteiger partial charge in [0.15, 0.2) is 0 Å². The second-order valence-corrected chi connectivity index (χ2v) is 9.06.